The average molecular weight is 404 g/mol. The van der Waals surface area contributed by atoms with Gasteiger partial charge in [0, 0.05) is 6.20 Å². The third-order valence-corrected chi connectivity index (χ3v) is 3.68. The lowest BCUT2D eigenvalue weighted by Crippen LogP contribution is -2.17. The quantitative estimate of drug-likeness (QED) is 0.541. The van der Waals surface area contributed by atoms with Gasteiger partial charge in [0.15, 0.2) is 0 Å². The van der Waals surface area contributed by atoms with Gasteiger partial charge in [0.25, 0.3) is 0 Å². The number of hydrogen-bond acceptors (Lipinski definition) is 7. The molecular formula is C17H19F3N2O4S. The molecule has 1 N–H and O–H groups in total. The van der Waals surface area contributed by atoms with E-state index in [2.05, 4.69) is 19.2 Å². The lowest BCUT2D eigenvalue weighted by molar-refractivity contribution is -0.274. The van der Waals surface area contributed by atoms with Crippen LogP contribution < -0.4 is 14.2 Å². The number of anilines is 1. The molecule has 0 aliphatic carbocycles. The topological polar surface area (TPSA) is 69.7 Å². The van der Waals surface area contributed by atoms with Crippen molar-refractivity contribution in [3.8, 4) is 11.5 Å². The van der Waals surface area contributed by atoms with E-state index in [1.165, 1.54) is 44.8 Å². The number of hydrogen-bond donors (Lipinski definition) is 1. The monoisotopic (exact) mass is 404 g/mol. The summed E-state index contributed by atoms with van der Waals surface area (Å²) in [7, 11) is 2.64. The van der Waals surface area contributed by atoms with E-state index in [0.717, 1.165) is 18.0 Å². The van der Waals surface area contributed by atoms with Gasteiger partial charge in [0.05, 0.1) is 36.6 Å². The molecule has 0 amide bonds. The van der Waals surface area contributed by atoms with Gasteiger partial charge in [0.1, 0.15) is 11.5 Å². The maximum absolute atomic E-state index is 12.3. The number of pyridine rings is 1. The van der Waals surface area contributed by atoms with Crippen LogP contribution in [0.4, 0.5) is 18.9 Å². The SMILES string of the molecule is CC.COC(=O)c1cncc(NSc2cc(OC(F)(F)F)ccc2OC)c1. The molecule has 0 fully saturated rings. The molecule has 0 saturated carbocycles. The Morgan fingerprint density at radius 3 is 2.44 bits per heavy atom. The molecule has 0 atom stereocenters. The first-order valence-electron chi connectivity index (χ1n) is 7.72. The number of esters is 1. The zero-order valence-electron chi connectivity index (χ0n) is 15.1. The molecule has 27 heavy (non-hydrogen) atoms. The largest absolute Gasteiger partial charge is 0.573 e. The lowest BCUT2D eigenvalue weighted by Gasteiger charge is -2.13. The number of nitrogens with zero attached hydrogens (tertiary/aromatic N) is 1. The predicted molar refractivity (Wildman–Crippen MR) is 96.1 cm³/mol. The van der Waals surface area contributed by atoms with Crippen LogP contribution in [0, 0.1) is 0 Å². The summed E-state index contributed by atoms with van der Waals surface area (Å²) in [4.78, 5) is 15.7. The summed E-state index contributed by atoms with van der Waals surface area (Å²) in [5.41, 5.74) is 0.686. The molecule has 2 aromatic rings. The van der Waals surface area contributed by atoms with Crippen LogP contribution in [0.3, 0.4) is 0 Å². The van der Waals surface area contributed by atoms with E-state index < -0.39 is 12.3 Å². The molecule has 10 heteroatoms. The molecule has 148 valence electrons. The smallest absolute Gasteiger partial charge is 0.496 e. The van der Waals surface area contributed by atoms with Gasteiger partial charge in [-0.3, -0.25) is 4.98 Å². The summed E-state index contributed by atoms with van der Waals surface area (Å²) in [6.07, 6.45) is -2.01. The first-order valence-corrected chi connectivity index (χ1v) is 8.54. The van der Waals surface area contributed by atoms with Crippen LogP contribution in [0.5, 0.6) is 11.5 Å². The maximum Gasteiger partial charge on any atom is 0.573 e. The van der Waals surface area contributed by atoms with Gasteiger partial charge in [-0.05, 0) is 36.2 Å². The zero-order chi connectivity index (χ0) is 20.4. The van der Waals surface area contributed by atoms with Crippen molar-refractivity contribution in [1.82, 2.24) is 4.98 Å². The van der Waals surface area contributed by atoms with Crippen LogP contribution in [-0.2, 0) is 4.74 Å². The normalized spacial score (nSPS) is 10.3. The highest BCUT2D eigenvalue weighted by molar-refractivity contribution is 8.00. The molecule has 0 bridgehead atoms. The predicted octanol–water partition coefficient (Wildman–Crippen LogP) is 4.92. The second-order valence-corrected chi connectivity index (χ2v) is 5.37. The van der Waals surface area contributed by atoms with E-state index in [-0.39, 0.29) is 11.3 Å². The Balaban J connectivity index is 0.00000176. The molecule has 0 aliphatic heterocycles. The van der Waals surface area contributed by atoms with E-state index in [9.17, 15) is 18.0 Å². The molecule has 0 unspecified atom stereocenters. The minimum atomic E-state index is -4.79. The molecule has 1 aromatic carbocycles. The number of aromatic nitrogens is 1. The van der Waals surface area contributed by atoms with Crippen molar-refractivity contribution in [2.24, 2.45) is 0 Å². The Hall–Kier alpha value is -2.62. The van der Waals surface area contributed by atoms with Crippen molar-refractivity contribution in [2.75, 3.05) is 18.9 Å². The number of carbonyl (C=O) groups excluding carboxylic acids is 1. The molecule has 0 aliphatic rings. The van der Waals surface area contributed by atoms with Gasteiger partial charge in [-0.15, -0.1) is 13.2 Å². The summed E-state index contributed by atoms with van der Waals surface area (Å²) < 4.78 is 53.5. The van der Waals surface area contributed by atoms with Crippen LogP contribution in [0.1, 0.15) is 24.2 Å². The van der Waals surface area contributed by atoms with Crippen LogP contribution in [0.2, 0.25) is 0 Å². The zero-order valence-corrected chi connectivity index (χ0v) is 15.9. The number of carbonyl (C=O) groups is 1. The van der Waals surface area contributed by atoms with E-state index in [1.54, 1.807) is 0 Å². The second-order valence-electron chi connectivity index (χ2n) is 4.52. The molecule has 2 rings (SSSR count). The first kappa shape index (κ1) is 22.4. The second kappa shape index (κ2) is 10.5. The minimum absolute atomic E-state index is 0.231. The van der Waals surface area contributed by atoms with Gasteiger partial charge in [-0.1, -0.05) is 13.8 Å². The number of alkyl halides is 3. The number of nitrogens with one attached hydrogen (secondary N) is 1. The Morgan fingerprint density at radius 1 is 1.15 bits per heavy atom. The molecule has 6 nitrogen and oxygen atoms in total. The van der Waals surface area contributed by atoms with E-state index in [4.69, 9.17) is 4.74 Å². The summed E-state index contributed by atoms with van der Waals surface area (Å²) in [6.45, 7) is 4.00. The van der Waals surface area contributed by atoms with Crippen molar-refractivity contribution in [1.29, 1.82) is 0 Å². The number of ether oxygens (including phenoxy) is 3. The van der Waals surface area contributed by atoms with Crippen LogP contribution in [0.25, 0.3) is 0 Å². The Morgan fingerprint density at radius 2 is 1.85 bits per heavy atom. The van der Waals surface area contributed by atoms with E-state index >= 15 is 0 Å². The molecule has 0 saturated heterocycles. The van der Waals surface area contributed by atoms with Crippen LogP contribution in [-0.4, -0.2) is 31.5 Å². The van der Waals surface area contributed by atoms with Crippen molar-refractivity contribution in [2.45, 2.75) is 25.1 Å². The number of methoxy groups -OCH3 is 2. The van der Waals surface area contributed by atoms with Gasteiger partial charge in [-0.2, -0.15) is 0 Å². The number of rotatable bonds is 6. The third kappa shape index (κ3) is 7.26. The Labute approximate surface area is 159 Å². The highest BCUT2D eigenvalue weighted by Gasteiger charge is 2.31. The lowest BCUT2D eigenvalue weighted by atomic mass is 10.3. The van der Waals surface area contributed by atoms with Gasteiger partial charge >= 0.3 is 12.3 Å². The van der Waals surface area contributed by atoms with Crippen LogP contribution >= 0.6 is 11.9 Å². The highest BCUT2D eigenvalue weighted by atomic mass is 32.2. The molecule has 1 aromatic heterocycles. The average Bonchev–Trinajstić information content (AvgIpc) is 2.66. The van der Waals surface area contributed by atoms with Gasteiger partial charge in [-0.25, -0.2) is 4.79 Å². The number of halogens is 3. The third-order valence-electron chi connectivity index (χ3n) is 2.81. The maximum atomic E-state index is 12.3. The first-order chi connectivity index (χ1) is 12.8. The van der Waals surface area contributed by atoms with Crippen LogP contribution in [0.15, 0.2) is 41.6 Å². The molecule has 0 spiro atoms. The van der Waals surface area contributed by atoms with Gasteiger partial charge < -0.3 is 18.9 Å². The summed E-state index contributed by atoms with van der Waals surface area (Å²) in [5, 5.41) is 0. The summed E-state index contributed by atoms with van der Waals surface area (Å²) in [5.74, 6) is -0.581. The molecule has 1 heterocycles. The Bertz CT molecular complexity index is 757. The summed E-state index contributed by atoms with van der Waals surface area (Å²) in [6, 6.07) is 5.18. The fourth-order valence-electron chi connectivity index (χ4n) is 1.77. The highest BCUT2D eigenvalue weighted by Crippen LogP contribution is 2.35. The fourth-order valence-corrected chi connectivity index (χ4v) is 2.54. The number of benzene rings is 1. The summed E-state index contributed by atoms with van der Waals surface area (Å²) >= 11 is 0.978. The van der Waals surface area contributed by atoms with Crippen molar-refractivity contribution in [3.05, 3.63) is 42.2 Å². The standard InChI is InChI=1S/C15H13F3N2O4S.C2H6/c1-22-12-4-3-11(24-15(16,17)18)6-13(12)25-20-10-5-9(7-19-8-10)14(21)23-2;1-2/h3-8,20H,1-2H3;1-2H3. The van der Waals surface area contributed by atoms with Crippen molar-refractivity contribution in [3.63, 3.8) is 0 Å². The minimum Gasteiger partial charge on any atom is -0.496 e. The van der Waals surface area contributed by atoms with Gasteiger partial charge in [0.2, 0.25) is 0 Å². The van der Waals surface area contributed by atoms with Crippen molar-refractivity contribution >= 4 is 23.6 Å². The van der Waals surface area contributed by atoms with E-state index in [0.29, 0.717) is 16.3 Å². The fraction of sp³-hybridized carbons (Fsp3) is 0.294. The Kier molecular flexibility index (Phi) is 8.73. The van der Waals surface area contributed by atoms with E-state index in [1.807, 2.05) is 13.8 Å². The van der Waals surface area contributed by atoms with Crippen molar-refractivity contribution < 1.29 is 32.2 Å². The molecule has 0 radical (unpaired) electrons. The molecular weight excluding hydrogens is 385 g/mol.